The molecule has 1 aliphatic rings. The summed E-state index contributed by atoms with van der Waals surface area (Å²) in [7, 11) is -3.76. The maximum absolute atomic E-state index is 13.6. The summed E-state index contributed by atoms with van der Waals surface area (Å²) in [5, 5.41) is 0.386. The van der Waals surface area contributed by atoms with Gasteiger partial charge in [-0.1, -0.05) is 17.7 Å². The number of sulfonamides is 1. The van der Waals surface area contributed by atoms with Crippen LogP contribution in [0.3, 0.4) is 0 Å². The van der Waals surface area contributed by atoms with Gasteiger partial charge in [-0.3, -0.25) is 9.59 Å². The highest BCUT2D eigenvalue weighted by Crippen LogP contribution is 2.27. The van der Waals surface area contributed by atoms with E-state index in [-0.39, 0.29) is 29.5 Å². The number of hydrogen-bond acceptors (Lipinski definition) is 5. The second kappa shape index (κ2) is 9.09. The number of fused-ring (bicyclic) bond motifs is 1. The number of benzene rings is 2. The van der Waals surface area contributed by atoms with Crippen LogP contribution in [0.4, 0.5) is 5.69 Å². The number of rotatable bonds is 5. The summed E-state index contributed by atoms with van der Waals surface area (Å²) in [6.45, 7) is 7.39. The van der Waals surface area contributed by atoms with Crippen LogP contribution in [-0.4, -0.2) is 56.5 Å². The zero-order valence-corrected chi connectivity index (χ0v) is 19.7. The van der Waals surface area contributed by atoms with Gasteiger partial charge in [0.25, 0.3) is 5.91 Å². The van der Waals surface area contributed by atoms with Crippen LogP contribution in [0.1, 0.15) is 28.4 Å². The number of nitrogens with zero attached hydrogens (tertiary/aromatic N) is 2. The monoisotopic (exact) mass is 469 g/mol. The number of anilines is 1. The largest absolute Gasteiger partial charge is 0.379 e. The summed E-state index contributed by atoms with van der Waals surface area (Å²) in [6, 6.07) is 11.5. The molecule has 1 aromatic heterocycles. The molecule has 33 heavy (non-hydrogen) atoms. The fourth-order valence-electron chi connectivity index (χ4n) is 4.18. The number of ether oxygens (including phenoxy) is 1. The third-order valence-electron chi connectivity index (χ3n) is 5.86. The molecule has 9 heteroatoms. The minimum absolute atomic E-state index is 0.0764. The summed E-state index contributed by atoms with van der Waals surface area (Å²) >= 11 is 0. The van der Waals surface area contributed by atoms with Crippen LogP contribution in [0, 0.1) is 13.8 Å². The Morgan fingerprint density at radius 2 is 1.82 bits per heavy atom. The van der Waals surface area contributed by atoms with Crippen LogP contribution in [-0.2, 0) is 14.8 Å². The second-order valence-corrected chi connectivity index (χ2v) is 10.0. The Labute approximate surface area is 192 Å². The molecule has 0 aliphatic carbocycles. The highest BCUT2D eigenvalue weighted by molar-refractivity contribution is 7.89. The number of aryl methyl sites for hydroxylation is 2. The molecule has 0 atom stereocenters. The van der Waals surface area contributed by atoms with Crippen molar-refractivity contribution in [2.24, 2.45) is 0 Å². The van der Waals surface area contributed by atoms with Gasteiger partial charge in [-0.2, -0.15) is 4.31 Å². The van der Waals surface area contributed by atoms with E-state index in [0.717, 1.165) is 16.8 Å². The predicted molar refractivity (Wildman–Crippen MR) is 127 cm³/mol. The summed E-state index contributed by atoms with van der Waals surface area (Å²) in [6.07, 6.45) is 0. The van der Waals surface area contributed by atoms with Gasteiger partial charge in [0.05, 0.1) is 23.7 Å². The molecule has 3 aromatic rings. The highest BCUT2D eigenvalue weighted by Gasteiger charge is 2.28. The average molecular weight is 470 g/mol. The first kappa shape index (κ1) is 23.2. The van der Waals surface area contributed by atoms with Crippen molar-refractivity contribution in [2.75, 3.05) is 37.7 Å². The van der Waals surface area contributed by atoms with Crippen molar-refractivity contribution in [1.82, 2.24) is 9.29 Å². The quantitative estimate of drug-likeness (QED) is 0.619. The smallest absolute Gasteiger partial charge is 0.259 e. The van der Waals surface area contributed by atoms with Crippen LogP contribution in [0.2, 0.25) is 0 Å². The van der Waals surface area contributed by atoms with Gasteiger partial charge in [0, 0.05) is 42.3 Å². The van der Waals surface area contributed by atoms with Crippen molar-refractivity contribution in [3.63, 3.8) is 0 Å². The number of H-pyrrole nitrogens is 1. The normalized spacial score (nSPS) is 15.0. The van der Waals surface area contributed by atoms with Gasteiger partial charge in [-0.15, -0.1) is 0 Å². The zero-order chi connectivity index (χ0) is 23.8. The van der Waals surface area contributed by atoms with Crippen LogP contribution in [0.5, 0.6) is 0 Å². The van der Waals surface area contributed by atoms with Crippen molar-refractivity contribution < 1.29 is 17.9 Å². The number of carbonyl (C=O) groups excluding carboxylic acids is 1. The first-order valence-electron chi connectivity index (χ1n) is 10.9. The van der Waals surface area contributed by atoms with Crippen LogP contribution >= 0.6 is 0 Å². The Morgan fingerprint density at radius 3 is 2.48 bits per heavy atom. The van der Waals surface area contributed by atoms with Gasteiger partial charge in [0.15, 0.2) is 0 Å². The molecule has 2 aromatic carbocycles. The van der Waals surface area contributed by atoms with E-state index in [9.17, 15) is 18.0 Å². The van der Waals surface area contributed by atoms with Gasteiger partial charge in [0.2, 0.25) is 15.6 Å². The molecule has 0 bridgehead atoms. The zero-order valence-electron chi connectivity index (χ0n) is 18.9. The Hall–Kier alpha value is -3.01. The van der Waals surface area contributed by atoms with Gasteiger partial charge in [-0.05, 0) is 50.6 Å². The summed E-state index contributed by atoms with van der Waals surface area (Å²) in [5.74, 6) is -0.360. The average Bonchev–Trinajstić information content (AvgIpc) is 2.80. The number of carbonyl (C=O) groups is 1. The van der Waals surface area contributed by atoms with Crippen molar-refractivity contribution in [2.45, 2.75) is 25.7 Å². The first-order chi connectivity index (χ1) is 15.7. The standard InChI is InChI=1S/C24H27N3O5S/c1-4-27(22-8-5-16(2)13-17(22)3)24(29)20-15-23(28)25-21-7-6-18(14-19(20)21)33(30,31)26-9-11-32-12-10-26/h5-8,13-15H,4,9-12H2,1-3H3,(H,25,28). The molecule has 1 amide bonds. The SMILES string of the molecule is CCN(C(=O)c1cc(=O)[nH]c2ccc(S(=O)(=O)N3CCOCC3)cc12)c1ccc(C)cc1C. The number of hydrogen-bond donors (Lipinski definition) is 1. The molecule has 1 aliphatic heterocycles. The molecule has 2 heterocycles. The minimum atomic E-state index is -3.76. The second-order valence-electron chi connectivity index (χ2n) is 8.11. The number of nitrogens with one attached hydrogen (secondary N) is 1. The lowest BCUT2D eigenvalue weighted by Gasteiger charge is -2.26. The Bertz CT molecular complexity index is 1370. The minimum Gasteiger partial charge on any atom is -0.379 e. The molecule has 174 valence electrons. The lowest BCUT2D eigenvalue weighted by Crippen LogP contribution is -2.40. The van der Waals surface area contributed by atoms with E-state index in [1.165, 1.54) is 28.6 Å². The van der Waals surface area contributed by atoms with Crippen molar-refractivity contribution in [3.8, 4) is 0 Å². The Balaban J connectivity index is 1.83. The van der Waals surface area contributed by atoms with Gasteiger partial charge >= 0.3 is 0 Å². The number of pyridine rings is 1. The molecule has 0 unspecified atom stereocenters. The molecule has 0 saturated carbocycles. The Kier molecular flexibility index (Phi) is 6.38. The molecule has 1 saturated heterocycles. The molecule has 0 spiro atoms. The first-order valence-corrected chi connectivity index (χ1v) is 12.3. The van der Waals surface area contributed by atoms with Gasteiger partial charge in [0.1, 0.15) is 0 Å². The molecular weight excluding hydrogens is 442 g/mol. The van der Waals surface area contributed by atoms with Crippen molar-refractivity contribution >= 4 is 32.5 Å². The third kappa shape index (κ3) is 4.44. The van der Waals surface area contributed by atoms with E-state index < -0.39 is 15.6 Å². The van der Waals surface area contributed by atoms with Crippen molar-refractivity contribution in [1.29, 1.82) is 0 Å². The van der Waals surface area contributed by atoms with Crippen LogP contribution in [0.25, 0.3) is 10.9 Å². The van der Waals surface area contributed by atoms with E-state index in [4.69, 9.17) is 4.74 Å². The molecule has 4 rings (SSSR count). The van der Waals surface area contributed by atoms with E-state index >= 15 is 0 Å². The molecule has 1 fully saturated rings. The summed E-state index contributed by atoms with van der Waals surface area (Å²) < 4.78 is 33.0. The molecule has 8 nitrogen and oxygen atoms in total. The number of aromatic amines is 1. The van der Waals surface area contributed by atoms with Crippen LogP contribution in [0.15, 0.2) is 52.2 Å². The maximum Gasteiger partial charge on any atom is 0.259 e. The molecule has 1 N–H and O–H groups in total. The fourth-order valence-corrected chi connectivity index (χ4v) is 5.62. The lowest BCUT2D eigenvalue weighted by atomic mass is 10.1. The topological polar surface area (TPSA) is 99.8 Å². The van der Waals surface area contributed by atoms with Crippen molar-refractivity contribution in [3.05, 3.63) is 69.5 Å². The third-order valence-corrected chi connectivity index (χ3v) is 7.75. The molecular formula is C24H27N3O5S. The maximum atomic E-state index is 13.6. The lowest BCUT2D eigenvalue weighted by molar-refractivity contribution is 0.0730. The fraction of sp³-hybridized carbons (Fsp3) is 0.333. The summed E-state index contributed by atoms with van der Waals surface area (Å²) in [5.41, 5.74) is 2.91. The number of amides is 1. The van der Waals surface area contributed by atoms with Crippen LogP contribution < -0.4 is 10.5 Å². The summed E-state index contributed by atoms with van der Waals surface area (Å²) in [4.78, 5) is 30.4. The predicted octanol–water partition coefficient (Wildman–Crippen LogP) is 2.83. The van der Waals surface area contributed by atoms with E-state index in [0.29, 0.717) is 30.7 Å². The Morgan fingerprint density at radius 1 is 1.09 bits per heavy atom. The van der Waals surface area contributed by atoms with Gasteiger partial charge in [-0.25, -0.2) is 8.42 Å². The molecule has 0 radical (unpaired) electrons. The van der Waals surface area contributed by atoms with E-state index in [1.54, 1.807) is 4.90 Å². The number of morpholine rings is 1. The highest BCUT2D eigenvalue weighted by atomic mass is 32.2. The van der Waals surface area contributed by atoms with Gasteiger partial charge < -0.3 is 14.6 Å². The van der Waals surface area contributed by atoms with E-state index in [1.807, 2.05) is 39.0 Å². The number of aromatic nitrogens is 1. The van der Waals surface area contributed by atoms with E-state index in [2.05, 4.69) is 4.98 Å².